The Balaban J connectivity index is 2.43. The van der Waals surface area contributed by atoms with E-state index in [4.69, 9.17) is 0 Å². The second-order valence-corrected chi connectivity index (χ2v) is 9.33. The van der Waals surface area contributed by atoms with Crippen molar-refractivity contribution in [2.24, 2.45) is 5.92 Å². The zero-order chi connectivity index (χ0) is 15.8. The number of hydrogen-bond acceptors (Lipinski definition) is 2. The zero-order valence-electron chi connectivity index (χ0n) is 13.1. The van der Waals surface area contributed by atoms with Gasteiger partial charge in [0.15, 0.2) is 0 Å². The molecule has 0 N–H and O–H groups in total. The van der Waals surface area contributed by atoms with Gasteiger partial charge in [-0.2, -0.15) is 4.31 Å². The van der Waals surface area contributed by atoms with E-state index in [0.717, 1.165) is 18.4 Å². The van der Waals surface area contributed by atoms with E-state index in [1.807, 2.05) is 26.0 Å². The molecule has 0 unspecified atom stereocenters. The first-order chi connectivity index (χ1) is 9.80. The summed E-state index contributed by atoms with van der Waals surface area (Å²) in [5.41, 5.74) is 1.08. The second kappa shape index (κ2) is 6.54. The third kappa shape index (κ3) is 3.15. The molecule has 1 heterocycles. The minimum atomic E-state index is -3.41. The van der Waals surface area contributed by atoms with Crippen molar-refractivity contribution in [3.63, 3.8) is 0 Å². The van der Waals surface area contributed by atoms with Crippen LogP contribution in [0.25, 0.3) is 0 Å². The Morgan fingerprint density at radius 3 is 2.29 bits per heavy atom. The molecule has 0 spiro atoms. The Kier molecular flexibility index (Phi) is 5.36. The third-order valence-electron chi connectivity index (χ3n) is 4.54. The van der Waals surface area contributed by atoms with Crippen molar-refractivity contribution in [3.8, 4) is 0 Å². The molecule has 0 aromatic heterocycles. The molecule has 0 radical (unpaired) electrons. The Hall–Kier alpha value is -0.140. The van der Waals surface area contributed by atoms with Crippen LogP contribution in [0.2, 0.25) is 0 Å². The molecule has 2 rings (SSSR count). The number of rotatable bonds is 4. The van der Waals surface area contributed by atoms with Gasteiger partial charge in [-0.3, -0.25) is 0 Å². The highest BCUT2D eigenvalue weighted by Gasteiger charge is 2.48. The molecule has 0 aliphatic carbocycles. The van der Waals surface area contributed by atoms with Gasteiger partial charge in [0.2, 0.25) is 10.0 Å². The third-order valence-corrected chi connectivity index (χ3v) is 8.53. The summed E-state index contributed by atoms with van der Waals surface area (Å²) in [7, 11) is -3.41. The van der Waals surface area contributed by atoms with Crippen molar-refractivity contribution in [2.75, 3.05) is 0 Å². The van der Waals surface area contributed by atoms with Crippen molar-refractivity contribution in [1.29, 1.82) is 0 Å². The molecule has 21 heavy (non-hydrogen) atoms. The molecule has 1 saturated heterocycles. The van der Waals surface area contributed by atoms with Gasteiger partial charge in [-0.25, -0.2) is 8.42 Å². The summed E-state index contributed by atoms with van der Waals surface area (Å²) in [5.74, 6) is 0.377. The van der Waals surface area contributed by atoms with Crippen LogP contribution in [0.3, 0.4) is 0 Å². The molecule has 1 aliphatic rings. The first-order valence-electron chi connectivity index (χ1n) is 7.55. The van der Waals surface area contributed by atoms with Crippen LogP contribution in [0.5, 0.6) is 0 Å². The van der Waals surface area contributed by atoms with E-state index in [-0.39, 0.29) is 12.1 Å². The van der Waals surface area contributed by atoms with Gasteiger partial charge >= 0.3 is 0 Å². The SMILES string of the molecule is CCC[C@H]1[C@H](I)[C@@H](C)[C@H](C)N1S(=O)(=O)c1ccc(C)cc1. The van der Waals surface area contributed by atoms with E-state index in [1.54, 1.807) is 16.4 Å². The van der Waals surface area contributed by atoms with Gasteiger partial charge in [0.1, 0.15) is 0 Å². The van der Waals surface area contributed by atoms with E-state index in [9.17, 15) is 8.42 Å². The van der Waals surface area contributed by atoms with Gasteiger partial charge in [0, 0.05) is 16.0 Å². The maximum atomic E-state index is 13.1. The number of aryl methyl sites for hydroxylation is 1. The van der Waals surface area contributed by atoms with E-state index in [0.29, 0.717) is 14.7 Å². The lowest BCUT2D eigenvalue weighted by Crippen LogP contribution is -2.41. The minimum absolute atomic E-state index is 0.0507. The molecule has 0 amide bonds. The van der Waals surface area contributed by atoms with E-state index >= 15 is 0 Å². The van der Waals surface area contributed by atoms with Crippen LogP contribution in [0.1, 0.15) is 39.2 Å². The molecular weight excluding hydrogens is 397 g/mol. The lowest BCUT2D eigenvalue weighted by atomic mass is 10.0. The summed E-state index contributed by atoms with van der Waals surface area (Å²) in [4.78, 5) is 0.416. The Labute approximate surface area is 142 Å². The number of alkyl halides is 1. The number of halogens is 1. The van der Waals surface area contributed by atoms with Crippen LogP contribution in [0.4, 0.5) is 0 Å². The average molecular weight is 421 g/mol. The van der Waals surface area contributed by atoms with Crippen LogP contribution in [-0.4, -0.2) is 28.7 Å². The fraction of sp³-hybridized carbons (Fsp3) is 0.625. The van der Waals surface area contributed by atoms with Crippen LogP contribution in [0, 0.1) is 12.8 Å². The summed E-state index contributed by atoms with van der Waals surface area (Å²) in [6.45, 7) is 8.29. The molecule has 1 aromatic carbocycles. The van der Waals surface area contributed by atoms with Crippen molar-refractivity contribution >= 4 is 32.6 Å². The van der Waals surface area contributed by atoms with Gasteiger partial charge in [-0.1, -0.05) is 60.6 Å². The summed E-state index contributed by atoms with van der Waals surface area (Å²) in [5, 5.41) is 0. The fourth-order valence-electron chi connectivity index (χ4n) is 3.10. The Morgan fingerprint density at radius 2 is 1.76 bits per heavy atom. The maximum Gasteiger partial charge on any atom is 0.243 e. The predicted octanol–water partition coefficient (Wildman–Crippen LogP) is 4.00. The number of hydrogen-bond donors (Lipinski definition) is 0. The summed E-state index contributed by atoms with van der Waals surface area (Å²) >= 11 is 2.43. The molecule has 3 nitrogen and oxygen atoms in total. The van der Waals surface area contributed by atoms with Crippen LogP contribution in [-0.2, 0) is 10.0 Å². The monoisotopic (exact) mass is 421 g/mol. The summed E-state index contributed by atoms with van der Waals surface area (Å²) in [6.07, 6.45) is 1.93. The summed E-state index contributed by atoms with van der Waals surface area (Å²) < 4.78 is 28.2. The fourth-order valence-corrected chi connectivity index (χ4v) is 6.57. The molecule has 4 atom stereocenters. The van der Waals surface area contributed by atoms with Crippen molar-refractivity contribution < 1.29 is 8.42 Å². The molecule has 1 aliphatic heterocycles. The molecule has 1 aromatic rings. The van der Waals surface area contributed by atoms with Crippen LogP contribution < -0.4 is 0 Å². The van der Waals surface area contributed by atoms with Crippen LogP contribution in [0.15, 0.2) is 29.2 Å². The molecular formula is C16H24INO2S. The van der Waals surface area contributed by atoms with Gasteiger partial charge in [0.25, 0.3) is 0 Å². The highest BCUT2D eigenvalue weighted by Crippen LogP contribution is 2.40. The lowest BCUT2D eigenvalue weighted by molar-refractivity contribution is 0.311. The minimum Gasteiger partial charge on any atom is -0.207 e. The zero-order valence-corrected chi connectivity index (χ0v) is 16.1. The standard InChI is InChI=1S/C16H24INO2S/c1-5-6-15-16(17)12(3)13(4)18(15)21(19,20)14-9-7-11(2)8-10-14/h7-10,12-13,15-16H,5-6H2,1-4H3/t12-,13-,15-,16+/m0/s1. The molecule has 5 heteroatoms. The van der Waals surface area contributed by atoms with Gasteiger partial charge in [-0.15, -0.1) is 0 Å². The number of benzene rings is 1. The first-order valence-corrected chi connectivity index (χ1v) is 10.2. The number of nitrogens with zero attached hydrogens (tertiary/aromatic N) is 1. The number of sulfonamides is 1. The highest BCUT2D eigenvalue weighted by atomic mass is 127. The van der Waals surface area contributed by atoms with Gasteiger partial charge < -0.3 is 0 Å². The Morgan fingerprint density at radius 1 is 1.19 bits per heavy atom. The average Bonchev–Trinajstić information content (AvgIpc) is 2.65. The van der Waals surface area contributed by atoms with Gasteiger partial charge in [0.05, 0.1) is 4.90 Å². The molecule has 0 saturated carbocycles. The van der Waals surface area contributed by atoms with E-state index in [2.05, 4.69) is 36.4 Å². The highest BCUT2D eigenvalue weighted by molar-refractivity contribution is 14.1. The lowest BCUT2D eigenvalue weighted by Gasteiger charge is -2.28. The largest absolute Gasteiger partial charge is 0.243 e. The van der Waals surface area contributed by atoms with E-state index < -0.39 is 10.0 Å². The van der Waals surface area contributed by atoms with E-state index in [1.165, 1.54) is 0 Å². The van der Waals surface area contributed by atoms with Gasteiger partial charge in [-0.05, 0) is 38.3 Å². The quantitative estimate of drug-likeness (QED) is 0.545. The predicted molar refractivity (Wildman–Crippen MR) is 95.3 cm³/mol. The van der Waals surface area contributed by atoms with Crippen molar-refractivity contribution in [1.82, 2.24) is 4.31 Å². The van der Waals surface area contributed by atoms with Crippen molar-refractivity contribution in [3.05, 3.63) is 29.8 Å². The summed E-state index contributed by atoms with van der Waals surface area (Å²) in [6, 6.07) is 7.35. The maximum absolute atomic E-state index is 13.1. The first kappa shape index (κ1) is 17.2. The Bertz CT molecular complexity index is 585. The molecule has 0 bridgehead atoms. The molecule has 118 valence electrons. The molecule has 1 fully saturated rings. The second-order valence-electron chi connectivity index (χ2n) is 6.05. The normalized spacial score (nSPS) is 30.7. The topological polar surface area (TPSA) is 37.4 Å². The van der Waals surface area contributed by atoms with Crippen molar-refractivity contribution in [2.45, 2.75) is 61.4 Å². The smallest absolute Gasteiger partial charge is 0.207 e. The van der Waals surface area contributed by atoms with Crippen LogP contribution >= 0.6 is 22.6 Å².